The number of nitrogens with zero attached hydrogens (tertiary/aromatic N) is 2. The molecule has 0 spiro atoms. The van der Waals surface area contributed by atoms with E-state index in [1.54, 1.807) is 0 Å². The van der Waals surface area contributed by atoms with Gasteiger partial charge in [-0.05, 0) is 73.3 Å². The van der Waals surface area contributed by atoms with E-state index in [4.69, 9.17) is 9.97 Å². The fraction of sp³-hybridized carbons (Fsp3) is 0. The van der Waals surface area contributed by atoms with Gasteiger partial charge in [-0.2, -0.15) is 0 Å². The molecule has 11 rings (SSSR count). The maximum Gasteiger partial charge on any atom is 0.160 e. The highest BCUT2D eigenvalue weighted by atomic mass is 14.9. The van der Waals surface area contributed by atoms with Crippen molar-refractivity contribution >= 4 is 61.1 Å². The summed E-state index contributed by atoms with van der Waals surface area (Å²) < 4.78 is 0. The number of aromatic nitrogens is 2. The van der Waals surface area contributed by atoms with Crippen LogP contribution < -0.4 is 5.32 Å². The maximum atomic E-state index is 9.59. The molecule has 0 saturated heterocycles. The van der Waals surface area contributed by atoms with Gasteiger partial charge in [0.2, 0.25) is 0 Å². The van der Waals surface area contributed by atoms with Gasteiger partial charge in [-0.3, -0.25) is 5.41 Å². The van der Waals surface area contributed by atoms with Gasteiger partial charge in [0, 0.05) is 39.1 Å². The first-order chi connectivity index (χ1) is 30.2. The number of fused-ring (bicyclic) bond motifs is 7. The summed E-state index contributed by atoms with van der Waals surface area (Å²) in [5.74, 6) is 0.669. The molecule has 0 bridgehead atoms. The van der Waals surface area contributed by atoms with E-state index < -0.39 is 0 Å². The monoisotopic (exact) mass is 778 g/mol. The third-order valence-corrected chi connectivity index (χ3v) is 11.7. The highest BCUT2D eigenvalue weighted by Gasteiger charge is 2.24. The molecule has 286 valence electrons. The molecule has 0 atom stereocenters. The Balaban J connectivity index is 1.06. The molecule has 4 nitrogen and oxygen atoms in total. The molecule has 0 fully saturated rings. The van der Waals surface area contributed by atoms with E-state index in [9.17, 15) is 5.41 Å². The van der Waals surface area contributed by atoms with Crippen LogP contribution in [-0.2, 0) is 0 Å². The lowest BCUT2D eigenvalue weighted by atomic mass is 9.88. The lowest BCUT2D eigenvalue weighted by molar-refractivity contribution is 1.18. The Bertz CT molecular complexity index is 3350. The predicted molar refractivity (Wildman–Crippen MR) is 255 cm³/mol. The van der Waals surface area contributed by atoms with Crippen molar-refractivity contribution in [3.63, 3.8) is 0 Å². The summed E-state index contributed by atoms with van der Waals surface area (Å²) in [6.07, 6.45) is 2.20. The van der Waals surface area contributed by atoms with Gasteiger partial charge in [0.05, 0.1) is 22.8 Å². The van der Waals surface area contributed by atoms with Crippen molar-refractivity contribution in [2.24, 2.45) is 0 Å². The van der Waals surface area contributed by atoms with E-state index in [-0.39, 0.29) is 0 Å². The van der Waals surface area contributed by atoms with Gasteiger partial charge in [-0.25, -0.2) is 9.97 Å². The third-order valence-electron chi connectivity index (χ3n) is 11.7. The zero-order valence-electron chi connectivity index (χ0n) is 33.2. The van der Waals surface area contributed by atoms with Crippen LogP contribution in [0.25, 0.3) is 89.3 Å². The Morgan fingerprint density at radius 2 is 0.902 bits per heavy atom. The van der Waals surface area contributed by atoms with Gasteiger partial charge >= 0.3 is 0 Å². The second kappa shape index (κ2) is 15.2. The number of hydrogen-bond donors (Lipinski definition) is 2. The summed E-state index contributed by atoms with van der Waals surface area (Å²) in [6.45, 7) is 0. The molecule has 10 aromatic rings. The van der Waals surface area contributed by atoms with E-state index in [1.165, 1.54) is 32.3 Å². The summed E-state index contributed by atoms with van der Waals surface area (Å²) in [4.78, 5) is 10.5. The van der Waals surface area contributed by atoms with E-state index in [1.807, 2.05) is 66.7 Å². The standard InChI is InChI=1S/C57H38N4/c58-55(38-19-6-2-7-20-38)54(37-17-4-1-5-18-37)56-44-26-11-10-23-40(44)35-51(59-56)41-24-16-25-42(33-41)52-36-53(61-57(60-52)39-21-8-3-9-22-39)43-31-32-49-47-29-13-12-27-45(47)46-28-14-15-30-48(46)50(49)34-43/h1-36,58-59H/b56-54-,58-55?. The molecule has 9 aromatic carbocycles. The smallest absolute Gasteiger partial charge is 0.160 e. The Hall–Kier alpha value is -8.21. The minimum Gasteiger partial charge on any atom is -0.354 e. The van der Waals surface area contributed by atoms with Crippen molar-refractivity contribution in [3.05, 3.63) is 240 Å². The normalized spacial score (nSPS) is 13.1. The molecule has 1 aliphatic rings. The first kappa shape index (κ1) is 35.9. The van der Waals surface area contributed by atoms with E-state index >= 15 is 0 Å². The van der Waals surface area contributed by atoms with Crippen molar-refractivity contribution in [1.29, 1.82) is 5.41 Å². The quantitative estimate of drug-likeness (QED) is 0.125. The van der Waals surface area contributed by atoms with Crippen LogP contribution in [0.5, 0.6) is 0 Å². The molecule has 1 aliphatic heterocycles. The second-order valence-electron chi connectivity index (χ2n) is 15.4. The maximum absolute atomic E-state index is 9.59. The van der Waals surface area contributed by atoms with E-state index in [0.29, 0.717) is 11.5 Å². The van der Waals surface area contributed by atoms with Crippen LogP contribution in [-0.4, -0.2) is 15.7 Å². The van der Waals surface area contributed by atoms with Crippen LogP contribution in [0.15, 0.2) is 212 Å². The summed E-state index contributed by atoms with van der Waals surface area (Å²) in [6, 6.07) is 73.6. The topological polar surface area (TPSA) is 61.7 Å². The highest BCUT2D eigenvalue weighted by molar-refractivity contribution is 6.36. The van der Waals surface area contributed by atoms with Crippen molar-refractivity contribution in [2.45, 2.75) is 0 Å². The lowest BCUT2D eigenvalue weighted by Crippen LogP contribution is -2.20. The molecule has 0 saturated carbocycles. The summed E-state index contributed by atoms with van der Waals surface area (Å²) in [7, 11) is 0. The number of hydrogen-bond acceptors (Lipinski definition) is 4. The lowest BCUT2D eigenvalue weighted by Gasteiger charge is -2.26. The summed E-state index contributed by atoms with van der Waals surface area (Å²) >= 11 is 0. The van der Waals surface area contributed by atoms with Gasteiger partial charge in [-0.15, -0.1) is 0 Å². The minimum atomic E-state index is 0.455. The predicted octanol–water partition coefficient (Wildman–Crippen LogP) is 14.0. The molecule has 2 heterocycles. The molecule has 61 heavy (non-hydrogen) atoms. The Kier molecular flexibility index (Phi) is 8.94. The average molecular weight is 779 g/mol. The number of rotatable bonds is 7. The van der Waals surface area contributed by atoms with Gasteiger partial charge in [-0.1, -0.05) is 194 Å². The van der Waals surface area contributed by atoms with Crippen molar-refractivity contribution in [1.82, 2.24) is 15.3 Å². The fourth-order valence-electron chi connectivity index (χ4n) is 8.74. The van der Waals surface area contributed by atoms with Crippen LogP contribution in [0.1, 0.15) is 27.8 Å². The number of allylic oxidation sites excluding steroid dienone is 1. The van der Waals surface area contributed by atoms with Gasteiger partial charge < -0.3 is 5.32 Å². The van der Waals surface area contributed by atoms with Crippen molar-refractivity contribution in [2.75, 3.05) is 0 Å². The zero-order valence-corrected chi connectivity index (χ0v) is 33.2. The molecule has 1 aromatic heterocycles. The summed E-state index contributed by atoms with van der Waals surface area (Å²) in [5.41, 5.74) is 12.7. The molecular weight excluding hydrogens is 741 g/mol. The second-order valence-corrected chi connectivity index (χ2v) is 15.4. The first-order valence-electron chi connectivity index (χ1n) is 20.6. The molecule has 0 radical (unpaired) electrons. The van der Waals surface area contributed by atoms with E-state index in [0.717, 1.165) is 72.9 Å². The Morgan fingerprint density at radius 1 is 0.393 bits per heavy atom. The summed E-state index contributed by atoms with van der Waals surface area (Å²) in [5, 5.41) is 20.8. The van der Waals surface area contributed by atoms with Crippen LogP contribution in [0.2, 0.25) is 0 Å². The zero-order chi connectivity index (χ0) is 40.7. The van der Waals surface area contributed by atoms with Crippen LogP contribution >= 0.6 is 0 Å². The Morgan fingerprint density at radius 3 is 1.57 bits per heavy atom. The van der Waals surface area contributed by atoms with E-state index in [2.05, 4.69) is 157 Å². The van der Waals surface area contributed by atoms with Gasteiger partial charge in [0.15, 0.2) is 5.82 Å². The highest BCUT2D eigenvalue weighted by Crippen LogP contribution is 2.39. The van der Waals surface area contributed by atoms with Crippen LogP contribution in [0, 0.1) is 5.41 Å². The van der Waals surface area contributed by atoms with Crippen LogP contribution in [0.4, 0.5) is 0 Å². The number of nitrogens with one attached hydrogen (secondary N) is 2. The van der Waals surface area contributed by atoms with Crippen LogP contribution in [0.3, 0.4) is 0 Å². The van der Waals surface area contributed by atoms with Crippen molar-refractivity contribution in [3.8, 4) is 33.9 Å². The first-order valence-corrected chi connectivity index (χ1v) is 20.6. The minimum absolute atomic E-state index is 0.455. The molecule has 0 unspecified atom stereocenters. The SMILES string of the molecule is N=C(/C(=C1\NC(c2cccc(-c3cc(-c4ccc5c6ccccc6c6ccccc6c5c4)nc(-c4ccccc4)n3)c2)=Cc2ccccc21)c1ccccc1)c1ccccc1. The Labute approximate surface area is 354 Å². The molecule has 0 amide bonds. The third kappa shape index (κ3) is 6.57. The molecule has 2 N–H and O–H groups in total. The van der Waals surface area contributed by atoms with Crippen molar-refractivity contribution < 1.29 is 0 Å². The van der Waals surface area contributed by atoms with Gasteiger partial charge in [0.1, 0.15) is 0 Å². The number of benzene rings is 9. The molecular formula is C57H38N4. The molecule has 0 aliphatic carbocycles. The van der Waals surface area contributed by atoms with Gasteiger partial charge in [0.25, 0.3) is 0 Å². The largest absolute Gasteiger partial charge is 0.354 e. The fourth-order valence-corrected chi connectivity index (χ4v) is 8.74. The average Bonchev–Trinajstić information content (AvgIpc) is 3.34. The molecule has 4 heteroatoms.